The Hall–Kier alpha value is -7.79. The van der Waals surface area contributed by atoms with Gasteiger partial charge in [0.05, 0.1) is 131 Å². The predicted molar refractivity (Wildman–Crippen MR) is 482 cm³/mol. The minimum absolute atomic E-state index is 0.0152. The van der Waals surface area contributed by atoms with E-state index in [-0.39, 0.29) is 131 Å². The van der Waals surface area contributed by atoms with Crippen molar-refractivity contribution in [2.75, 3.05) is 171 Å². The highest BCUT2D eigenvalue weighted by atomic mass is 32.2. The zero-order valence-electron chi connectivity index (χ0n) is 75.9. The third-order valence-corrected chi connectivity index (χ3v) is 27.5. The van der Waals surface area contributed by atoms with Gasteiger partial charge in [0.1, 0.15) is 52.7 Å². The molecule has 6 aromatic rings. The summed E-state index contributed by atoms with van der Waals surface area (Å²) in [5.74, 6) is -4.69. The molecular weight excluding hydrogens is 1740 g/mol. The summed E-state index contributed by atoms with van der Waals surface area (Å²) in [6.07, 6.45) is 0.386. The summed E-state index contributed by atoms with van der Waals surface area (Å²) < 4.78 is 131. The molecule has 2 N–H and O–H groups in total. The number of quaternary nitrogens is 2. The number of nitrogens with zero attached hydrogens (tertiary/aromatic N) is 2. The molecule has 0 heterocycles. The van der Waals surface area contributed by atoms with E-state index in [0.29, 0.717) is 56.9 Å². The Morgan fingerprint density at radius 3 is 1.01 bits per heavy atom. The summed E-state index contributed by atoms with van der Waals surface area (Å²) in [5, 5.41) is 5.50. The molecule has 696 valence electrons. The fourth-order valence-corrected chi connectivity index (χ4v) is 19.1. The van der Waals surface area contributed by atoms with Crippen LogP contribution in [0.1, 0.15) is 132 Å². The number of likely N-dealkylation sites (N-methyl/N-ethyl adjacent to an activating group) is 2. The van der Waals surface area contributed by atoms with Crippen LogP contribution in [0.2, 0.25) is 0 Å². The lowest BCUT2D eigenvalue weighted by Gasteiger charge is -2.34. The van der Waals surface area contributed by atoms with Crippen LogP contribution in [0.15, 0.2) is 178 Å². The van der Waals surface area contributed by atoms with Crippen LogP contribution in [0, 0.1) is 61.2 Å². The first kappa shape index (κ1) is 109. The molecule has 0 spiro atoms. The largest absolute Gasteiger partial charge is 0.756 e. The van der Waals surface area contributed by atoms with Crippen LogP contribution in [-0.4, -0.2) is 238 Å². The van der Waals surface area contributed by atoms with E-state index < -0.39 is 111 Å². The number of rotatable bonds is 55. The molecule has 0 saturated heterocycles. The lowest BCUT2D eigenvalue weighted by atomic mass is 9.74. The van der Waals surface area contributed by atoms with Crippen molar-refractivity contribution in [2.24, 2.45) is 33.5 Å². The number of thioether (sulfide) groups is 2. The number of hydrogen-bond donors (Lipinski definition) is 2. The molecule has 2 amide bonds. The number of sulfone groups is 2. The number of carbonyl (C=O) groups is 7. The van der Waals surface area contributed by atoms with Crippen LogP contribution < -0.4 is 20.4 Å². The quantitative estimate of drug-likeness (QED) is 0.00523. The van der Waals surface area contributed by atoms with Gasteiger partial charge in [-0.15, -0.1) is 23.5 Å². The van der Waals surface area contributed by atoms with Gasteiger partial charge in [0.25, 0.3) is 27.5 Å². The number of ether oxygens (including phenoxy) is 6. The van der Waals surface area contributed by atoms with Gasteiger partial charge in [-0.05, 0) is 155 Å². The molecule has 35 heteroatoms. The predicted octanol–water partition coefficient (Wildman–Crippen LogP) is 12.7. The molecule has 6 aromatic carbocycles. The number of ketones is 2. The first-order valence-corrected chi connectivity index (χ1v) is 49.4. The van der Waals surface area contributed by atoms with Crippen LogP contribution in [-0.2, 0) is 89.7 Å². The van der Waals surface area contributed by atoms with Crippen LogP contribution in [0.5, 0.6) is 0 Å². The van der Waals surface area contributed by atoms with Crippen LogP contribution in [0.3, 0.4) is 0 Å². The molecule has 0 fully saturated rings. The van der Waals surface area contributed by atoms with Gasteiger partial charge in [-0.25, -0.2) is 16.8 Å². The summed E-state index contributed by atoms with van der Waals surface area (Å²) >= 11 is 3.32. The zero-order valence-corrected chi connectivity index (χ0v) is 81.0. The SMILES string of the molecule is C=C(OCCOP(=O)([O-])OCC[N+](C)(C)C)C(C)(C)CC(C)(C)C(=O)OCCOCCNC(=O)c1ccc(C(=O)C(CS(=O)(=O)c2ccc(C)cc2)CS(=O)(=O)c2ccc(C)cc2)cc1.Cc1ccc(SCC(CSc2ccc(C)cc2)C(=O)c2ccc(C(=O)NCCOCCOC(=O)C(C)(C)CC(C)(C)C(=O)OCCOP(=O)([O-])OCC[N+](C)(C)C)cc2)cc1. The summed E-state index contributed by atoms with van der Waals surface area (Å²) in [6, 6.07) is 40.9. The third kappa shape index (κ3) is 40.1. The van der Waals surface area contributed by atoms with E-state index in [0.717, 1.165) is 20.9 Å². The van der Waals surface area contributed by atoms with Crippen molar-refractivity contribution in [2.45, 2.75) is 116 Å². The number of carbonyl (C=O) groups excluding carboxylic acids is 7. The topological polar surface area (TPSA) is 384 Å². The highest BCUT2D eigenvalue weighted by Gasteiger charge is 2.42. The number of aryl methyl sites for hydroxylation is 4. The van der Waals surface area contributed by atoms with Gasteiger partial charge in [-0.3, -0.25) is 42.7 Å². The summed E-state index contributed by atoms with van der Waals surface area (Å²) in [6.45, 7) is 25.8. The summed E-state index contributed by atoms with van der Waals surface area (Å²) in [5.41, 5.74) is 1.42. The minimum Gasteiger partial charge on any atom is -0.756 e. The van der Waals surface area contributed by atoms with Crippen molar-refractivity contribution in [3.8, 4) is 0 Å². The van der Waals surface area contributed by atoms with E-state index in [1.165, 1.54) is 59.7 Å². The van der Waals surface area contributed by atoms with Gasteiger partial charge in [-0.2, -0.15) is 0 Å². The Morgan fingerprint density at radius 2 is 0.675 bits per heavy atom. The lowest BCUT2D eigenvalue weighted by Crippen LogP contribution is -2.38. The molecule has 0 aromatic heterocycles. The smallest absolute Gasteiger partial charge is 0.311 e. The number of amides is 2. The Kier molecular flexibility index (Phi) is 43.0. The molecule has 0 saturated carbocycles. The van der Waals surface area contributed by atoms with E-state index in [4.69, 9.17) is 46.5 Å². The van der Waals surface area contributed by atoms with Gasteiger partial charge in [0, 0.05) is 68.0 Å². The molecule has 0 aliphatic rings. The second-order valence-corrected chi connectivity index (χ2v) is 44.4. The number of esters is 3. The van der Waals surface area contributed by atoms with Gasteiger partial charge >= 0.3 is 17.9 Å². The van der Waals surface area contributed by atoms with Gasteiger partial charge < -0.3 is 75.9 Å². The number of Topliss-reactive ketones (excluding diaryl/α,β-unsaturated/α-hetero) is 2. The van der Waals surface area contributed by atoms with Crippen molar-refractivity contribution < 1.29 is 125 Å². The van der Waals surface area contributed by atoms with Crippen molar-refractivity contribution in [3.63, 3.8) is 0 Å². The third-order valence-electron chi connectivity index (χ3n) is 19.5. The lowest BCUT2D eigenvalue weighted by molar-refractivity contribution is -0.870. The maximum atomic E-state index is 13.8. The second kappa shape index (κ2) is 49.8. The Labute approximate surface area is 753 Å². The molecule has 0 radical (unpaired) electrons. The molecule has 0 aliphatic heterocycles. The van der Waals surface area contributed by atoms with Gasteiger partial charge in [-0.1, -0.05) is 115 Å². The number of hydrogen-bond acceptors (Lipinski definition) is 27. The van der Waals surface area contributed by atoms with Crippen LogP contribution in [0.4, 0.5) is 0 Å². The van der Waals surface area contributed by atoms with Crippen LogP contribution in [0.25, 0.3) is 0 Å². The normalized spacial score (nSPS) is 13.3. The standard InChI is InChI=1S/C46H65N2O14PS2.C45H63N2O11PS2/c1-34-11-19-40(20-12-34)64(54,55)31-39(32-65(56,57)41-21-13-35(2)14-22-41)42(49)37-15-17-38(18-16-37)43(50)47-23-25-58-27-28-60-44(51)46(6,7)33-45(4,5)36(3)59-29-30-62-63(52,53)61-26-24-48(8,9)10;1-33-10-18-38(19-11-33)60-30-37(31-61-39-20-12-34(2)13-21-39)40(48)35-14-16-36(17-15-35)41(49)46-22-24-54-26-27-55-42(50)44(3,4)32-45(5,6)43(51)56-28-29-58-59(52,53)57-25-23-47(7,8)9/h11-22,39H,3,23-33H2,1-2,4-10H3,(H-,47,50,52,53);10-21,37H,22-32H2,1-9H3,(H-,46,49,52,53). The van der Waals surface area contributed by atoms with E-state index >= 15 is 0 Å². The first-order valence-electron chi connectivity index (χ1n) is 41.2. The molecule has 2 unspecified atom stereocenters. The molecule has 0 bridgehead atoms. The van der Waals surface area contributed by atoms with Crippen molar-refractivity contribution in [1.29, 1.82) is 0 Å². The molecule has 126 heavy (non-hydrogen) atoms. The fourth-order valence-electron chi connectivity index (χ4n) is 12.4. The van der Waals surface area contributed by atoms with Crippen molar-refractivity contribution in [3.05, 3.63) is 202 Å². The summed E-state index contributed by atoms with van der Waals surface area (Å²) in [4.78, 5) is 118. The Morgan fingerprint density at radius 1 is 0.389 bits per heavy atom. The number of phosphoric ester groups is 2. The molecule has 0 aliphatic carbocycles. The number of phosphoric acid groups is 2. The van der Waals surface area contributed by atoms with Crippen molar-refractivity contribution >= 4 is 100 Å². The van der Waals surface area contributed by atoms with Crippen molar-refractivity contribution in [1.82, 2.24) is 10.6 Å². The average molecular weight is 1870 g/mol. The highest BCUT2D eigenvalue weighted by Crippen LogP contribution is 2.43. The molecule has 29 nitrogen and oxygen atoms in total. The Bertz CT molecular complexity index is 4760. The summed E-state index contributed by atoms with van der Waals surface area (Å²) in [7, 11) is -5.77. The number of allylic oxidation sites excluding steroid dienone is 1. The molecule has 6 rings (SSSR count). The second-order valence-electron chi connectivity index (χ2n) is 35.3. The fraction of sp³-hybridized carbons (Fsp3) is 0.505. The highest BCUT2D eigenvalue weighted by molar-refractivity contribution is 8.00. The van der Waals surface area contributed by atoms with E-state index in [9.17, 15) is 69.3 Å². The minimum atomic E-state index is -4.54. The van der Waals surface area contributed by atoms with E-state index in [1.54, 1.807) is 127 Å². The molecule has 2 atom stereocenters. The van der Waals surface area contributed by atoms with E-state index in [2.05, 4.69) is 65.7 Å². The van der Waals surface area contributed by atoms with E-state index in [1.807, 2.05) is 70.0 Å². The maximum absolute atomic E-state index is 13.8. The first-order chi connectivity index (χ1) is 58.6. The number of nitrogens with one attached hydrogen (secondary N) is 2. The Balaban J connectivity index is 0.000000448. The molecular formula is C91H128N4O25P2S4. The monoisotopic (exact) mass is 1870 g/mol. The van der Waals surface area contributed by atoms with Gasteiger partial charge in [0.2, 0.25) is 0 Å². The average Bonchev–Trinajstić information content (AvgIpc) is 0.794. The number of benzene rings is 6. The van der Waals surface area contributed by atoms with Crippen LogP contribution >= 0.6 is 39.2 Å². The maximum Gasteiger partial charge on any atom is 0.311 e. The van der Waals surface area contributed by atoms with Gasteiger partial charge in [0.15, 0.2) is 31.2 Å². The zero-order chi connectivity index (χ0) is 94.1.